The van der Waals surface area contributed by atoms with E-state index in [9.17, 15) is 15.2 Å². The molecule has 0 saturated carbocycles. The molecule has 0 amide bonds. The number of non-ortho nitro benzene ring substituents is 1. The first kappa shape index (κ1) is 14.2. The number of hydrogen-bond acceptors (Lipinski definition) is 5. The lowest BCUT2D eigenvalue weighted by Crippen LogP contribution is -2.18. The minimum Gasteiger partial charge on any atom is -0.391 e. The highest BCUT2D eigenvalue weighted by atomic mass is 16.6. The summed E-state index contributed by atoms with van der Waals surface area (Å²) in [4.78, 5) is 10.4. The standard InChI is InChI=1S/C12H19N3O3/c1-3-12(16)8-14-10-5-9(13-4-2)6-11(7-10)15(17)18/h5-7,12-14,16H,3-4,8H2,1-2H3. The second kappa shape index (κ2) is 6.80. The molecule has 0 aliphatic rings. The van der Waals surface area contributed by atoms with E-state index in [1.165, 1.54) is 12.1 Å². The smallest absolute Gasteiger partial charge is 0.273 e. The predicted molar refractivity (Wildman–Crippen MR) is 72.0 cm³/mol. The van der Waals surface area contributed by atoms with Crippen LogP contribution in [-0.4, -0.2) is 29.2 Å². The third-order valence-electron chi connectivity index (χ3n) is 2.52. The number of aliphatic hydroxyl groups is 1. The van der Waals surface area contributed by atoms with Gasteiger partial charge < -0.3 is 15.7 Å². The highest BCUT2D eigenvalue weighted by Crippen LogP contribution is 2.24. The Bertz CT molecular complexity index is 410. The summed E-state index contributed by atoms with van der Waals surface area (Å²) in [6.45, 7) is 4.87. The van der Waals surface area contributed by atoms with Gasteiger partial charge in [-0.1, -0.05) is 6.92 Å². The second-order valence-corrected chi connectivity index (χ2v) is 4.00. The Morgan fingerprint density at radius 3 is 2.39 bits per heavy atom. The van der Waals surface area contributed by atoms with Crippen LogP contribution < -0.4 is 10.6 Å². The number of nitrogens with zero attached hydrogens (tertiary/aromatic N) is 1. The molecule has 1 unspecified atom stereocenters. The summed E-state index contributed by atoms with van der Waals surface area (Å²) in [6, 6.07) is 4.74. The van der Waals surface area contributed by atoms with Gasteiger partial charge in [0.1, 0.15) is 0 Å². The summed E-state index contributed by atoms with van der Waals surface area (Å²) in [7, 11) is 0. The summed E-state index contributed by atoms with van der Waals surface area (Å²) >= 11 is 0. The predicted octanol–water partition coefficient (Wildman–Crippen LogP) is 2.21. The van der Waals surface area contributed by atoms with Gasteiger partial charge in [-0.3, -0.25) is 10.1 Å². The number of hydrogen-bond donors (Lipinski definition) is 3. The molecule has 0 aromatic heterocycles. The first-order chi connectivity index (χ1) is 8.56. The molecule has 0 fully saturated rings. The van der Waals surface area contributed by atoms with Crippen LogP contribution in [0, 0.1) is 10.1 Å². The van der Waals surface area contributed by atoms with E-state index in [0.717, 1.165) is 0 Å². The fourth-order valence-corrected chi connectivity index (χ4v) is 1.50. The molecular weight excluding hydrogens is 234 g/mol. The molecule has 18 heavy (non-hydrogen) atoms. The Balaban J connectivity index is 2.85. The highest BCUT2D eigenvalue weighted by Gasteiger charge is 2.10. The van der Waals surface area contributed by atoms with Crippen molar-refractivity contribution >= 4 is 17.1 Å². The number of nitrogens with one attached hydrogen (secondary N) is 2. The molecule has 100 valence electrons. The fraction of sp³-hybridized carbons (Fsp3) is 0.500. The number of rotatable bonds is 7. The van der Waals surface area contributed by atoms with Crippen molar-refractivity contribution in [3.63, 3.8) is 0 Å². The van der Waals surface area contributed by atoms with Crippen molar-refractivity contribution in [2.75, 3.05) is 23.7 Å². The molecule has 1 aromatic rings. The number of benzene rings is 1. The van der Waals surface area contributed by atoms with Crippen LogP contribution in [-0.2, 0) is 0 Å². The van der Waals surface area contributed by atoms with E-state index in [1.54, 1.807) is 6.07 Å². The average molecular weight is 253 g/mol. The molecule has 0 heterocycles. The van der Waals surface area contributed by atoms with Crippen molar-refractivity contribution in [2.24, 2.45) is 0 Å². The molecule has 1 rings (SSSR count). The SMILES string of the molecule is CCNc1cc(NCC(O)CC)cc([N+](=O)[O-])c1. The van der Waals surface area contributed by atoms with E-state index in [-0.39, 0.29) is 5.69 Å². The molecule has 0 aliphatic heterocycles. The van der Waals surface area contributed by atoms with Crippen molar-refractivity contribution in [2.45, 2.75) is 26.4 Å². The van der Waals surface area contributed by atoms with Gasteiger partial charge in [0.2, 0.25) is 0 Å². The van der Waals surface area contributed by atoms with Gasteiger partial charge in [-0.25, -0.2) is 0 Å². The first-order valence-corrected chi connectivity index (χ1v) is 6.02. The van der Waals surface area contributed by atoms with E-state index in [4.69, 9.17) is 0 Å². The molecule has 3 N–H and O–H groups in total. The van der Waals surface area contributed by atoms with Crippen LogP contribution in [0.3, 0.4) is 0 Å². The maximum atomic E-state index is 10.8. The average Bonchev–Trinajstić information content (AvgIpc) is 2.36. The van der Waals surface area contributed by atoms with E-state index >= 15 is 0 Å². The van der Waals surface area contributed by atoms with Gasteiger partial charge >= 0.3 is 0 Å². The molecule has 0 radical (unpaired) electrons. The Morgan fingerprint density at radius 2 is 1.89 bits per heavy atom. The topological polar surface area (TPSA) is 87.4 Å². The summed E-state index contributed by atoms with van der Waals surface area (Å²) in [5, 5.41) is 26.3. The Kier molecular flexibility index (Phi) is 5.38. The van der Waals surface area contributed by atoms with Crippen molar-refractivity contribution < 1.29 is 10.0 Å². The quantitative estimate of drug-likeness (QED) is 0.512. The normalized spacial score (nSPS) is 11.9. The van der Waals surface area contributed by atoms with Gasteiger partial charge in [0.05, 0.1) is 11.0 Å². The third-order valence-corrected chi connectivity index (χ3v) is 2.52. The van der Waals surface area contributed by atoms with Gasteiger partial charge in [0, 0.05) is 36.6 Å². The lowest BCUT2D eigenvalue weighted by Gasteiger charge is -2.12. The minimum atomic E-state index is -0.452. The van der Waals surface area contributed by atoms with Crippen LogP contribution in [0.25, 0.3) is 0 Å². The van der Waals surface area contributed by atoms with Crippen molar-refractivity contribution in [1.29, 1.82) is 0 Å². The molecular formula is C12H19N3O3. The Hall–Kier alpha value is -1.82. The number of aliphatic hydroxyl groups excluding tert-OH is 1. The lowest BCUT2D eigenvalue weighted by atomic mass is 10.2. The molecule has 6 heteroatoms. The molecule has 6 nitrogen and oxygen atoms in total. The van der Waals surface area contributed by atoms with Crippen LogP contribution in [0.15, 0.2) is 18.2 Å². The van der Waals surface area contributed by atoms with Gasteiger partial charge in [0.25, 0.3) is 5.69 Å². The molecule has 1 aromatic carbocycles. The van der Waals surface area contributed by atoms with Crippen molar-refractivity contribution in [1.82, 2.24) is 0 Å². The van der Waals surface area contributed by atoms with E-state index in [1.807, 2.05) is 13.8 Å². The van der Waals surface area contributed by atoms with Gasteiger partial charge in [-0.15, -0.1) is 0 Å². The zero-order valence-electron chi connectivity index (χ0n) is 10.6. The monoisotopic (exact) mass is 253 g/mol. The van der Waals surface area contributed by atoms with Gasteiger partial charge in [0.15, 0.2) is 0 Å². The zero-order valence-corrected chi connectivity index (χ0v) is 10.6. The minimum absolute atomic E-state index is 0.0296. The number of nitro groups is 1. The van der Waals surface area contributed by atoms with E-state index in [2.05, 4.69) is 10.6 Å². The van der Waals surface area contributed by atoms with Gasteiger partial charge in [-0.05, 0) is 19.4 Å². The van der Waals surface area contributed by atoms with E-state index in [0.29, 0.717) is 30.9 Å². The van der Waals surface area contributed by atoms with Crippen molar-refractivity contribution in [3.8, 4) is 0 Å². The summed E-state index contributed by atoms with van der Waals surface area (Å²) in [5.41, 5.74) is 1.36. The molecule has 0 bridgehead atoms. The second-order valence-electron chi connectivity index (χ2n) is 4.00. The Labute approximate surface area is 106 Å². The Morgan fingerprint density at radius 1 is 1.28 bits per heavy atom. The summed E-state index contributed by atoms with van der Waals surface area (Å²) < 4.78 is 0. The van der Waals surface area contributed by atoms with Crippen LogP contribution >= 0.6 is 0 Å². The summed E-state index contributed by atoms with van der Waals surface area (Å²) in [5.74, 6) is 0. The molecule has 0 aliphatic carbocycles. The maximum Gasteiger partial charge on any atom is 0.273 e. The third kappa shape index (κ3) is 4.21. The molecule has 0 saturated heterocycles. The van der Waals surface area contributed by atoms with Gasteiger partial charge in [-0.2, -0.15) is 0 Å². The first-order valence-electron chi connectivity index (χ1n) is 6.02. The lowest BCUT2D eigenvalue weighted by molar-refractivity contribution is -0.384. The fourth-order valence-electron chi connectivity index (χ4n) is 1.50. The highest BCUT2D eigenvalue weighted by molar-refractivity contribution is 5.63. The number of anilines is 2. The van der Waals surface area contributed by atoms with Crippen molar-refractivity contribution in [3.05, 3.63) is 28.3 Å². The number of nitro benzene ring substituents is 1. The molecule has 0 spiro atoms. The summed E-state index contributed by atoms with van der Waals surface area (Å²) in [6.07, 6.45) is 0.189. The van der Waals surface area contributed by atoms with E-state index < -0.39 is 11.0 Å². The van der Waals surface area contributed by atoms with Crippen LogP contribution in [0.1, 0.15) is 20.3 Å². The van der Waals surface area contributed by atoms with Crippen LogP contribution in [0.2, 0.25) is 0 Å². The largest absolute Gasteiger partial charge is 0.391 e. The van der Waals surface area contributed by atoms with Crippen LogP contribution in [0.4, 0.5) is 17.1 Å². The van der Waals surface area contributed by atoms with Crippen LogP contribution in [0.5, 0.6) is 0 Å². The maximum absolute atomic E-state index is 10.8. The zero-order chi connectivity index (χ0) is 13.5. The molecule has 1 atom stereocenters.